The van der Waals surface area contributed by atoms with Crippen LogP contribution in [0.4, 0.5) is 0 Å². The Kier molecular flexibility index (Phi) is 3.46. The summed E-state index contributed by atoms with van der Waals surface area (Å²) in [6.07, 6.45) is 0.769. The Bertz CT molecular complexity index is 358. The van der Waals surface area contributed by atoms with E-state index in [0.29, 0.717) is 0 Å². The first kappa shape index (κ1) is 11.9. The fourth-order valence-corrected chi connectivity index (χ4v) is 1.37. The summed E-state index contributed by atoms with van der Waals surface area (Å²) in [5.41, 5.74) is -2.00. The van der Waals surface area contributed by atoms with E-state index in [1.165, 1.54) is 6.92 Å². The van der Waals surface area contributed by atoms with Crippen LogP contribution in [0.1, 0.15) is 13.8 Å². The quantitative estimate of drug-likeness (QED) is 0.512. The van der Waals surface area contributed by atoms with Crippen LogP contribution in [0.5, 0.6) is 0 Å². The van der Waals surface area contributed by atoms with Crippen molar-refractivity contribution >= 4 is 16.1 Å². The van der Waals surface area contributed by atoms with Crippen LogP contribution in [0.15, 0.2) is 0 Å². The molecular formula is C7H10O5S. The summed E-state index contributed by atoms with van der Waals surface area (Å²) < 4.78 is 25.7. The predicted octanol–water partition coefficient (Wildman–Crippen LogP) is -0.171. The first-order valence-electron chi connectivity index (χ1n) is 3.29. The van der Waals surface area contributed by atoms with E-state index in [0.717, 1.165) is 13.2 Å². The maximum atomic E-state index is 10.7. The summed E-state index contributed by atoms with van der Waals surface area (Å²) in [6.45, 7) is 2.47. The van der Waals surface area contributed by atoms with Crippen molar-refractivity contribution in [2.24, 2.45) is 0 Å². The van der Waals surface area contributed by atoms with Gasteiger partial charge in [0, 0.05) is 0 Å². The van der Waals surface area contributed by atoms with E-state index < -0.39 is 21.7 Å². The van der Waals surface area contributed by atoms with Gasteiger partial charge in [-0.2, -0.15) is 8.42 Å². The van der Waals surface area contributed by atoms with Gasteiger partial charge in [-0.25, -0.2) is 8.98 Å². The van der Waals surface area contributed by atoms with Crippen molar-refractivity contribution in [2.45, 2.75) is 19.4 Å². The van der Waals surface area contributed by atoms with E-state index in [1.807, 2.05) is 0 Å². The van der Waals surface area contributed by atoms with E-state index in [-0.39, 0.29) is 0 Å². The van der Waals surface area contributed by atoms with E-state index >= 15 is 0 Å². The second-order valence-corrected chi connectivity index (χ2v) is 4.08. The molecule has 0 aliphatic heterocycles. The predicted molar refractivity (Wildman–Crippen MR) is 45.4 cm³/mol. The molecule has 13 heavy (non-hydrogen) atoms. The van der Waals surface area contributed by atoms with Gasteiger partial charge in [-0.05, 0) is 13.8 Å². The summed E-state index contributed by atoms with van der Waals surface area (Å²) in [7, 11) is -3.83. The number of hydrogen-bond acceptors (Lipinski definition) is 4. The SMILES string of the molecule is CC#C[C@@](C)(OS(C)(=O)=O)C(=O)O. The summed E-state index contributed by atoms with van der Waals surface area (Å²) >= 11 is 0. The molecule has 0 saturated heterocycles. The molecule has 74 valence electrons. The van der Waals surface area contributed by atoms with Crippen LogP contribution >= 0.6 is 0 Å². The van der Waals surface area contributed by atoms with Crippen LogP contribution in [0.25, 0.3) is 0 Å². The van der Waals surface area contributed by atoms with Crippen molar-refractivity contribution in [1.82, 2.24) is 0 Å². The standard InChI is InChI=1S/C7H10O5S/c1-4-5-7(2,6(8)9)12-13(3,10)11/h1-3H3,(H,8,9)/t7-/m1/s1. The molecule has 5 nitrogen and oxygen atoms in total. The Hall–Kier alpha value is -1.06. The van der Waals surface area contributed by atoms with Gasteiger partial charge in [0.1, 0.15) is 0 Å². The molecule has 6 heteroatoms. The Morgan fingerprint density at radius 2 is 2.00 bits per heavy atom. The Labute approximate surface area is 76.8 Å². The van der Waals surface area contributed by atoms with Gasteiger partial charge >= 0.3 is 5.97 Å². The molecule has 0 amide bonds. The second-order valence-electron chi connectivity index (χ2n) is 2.50. The van der Waals surface area contributed by atoms with Gasteiger partial charge in [0.05, 0.1) is 6.26 Å². The Morgan fingerprint density at radius 1 is 1.54 bits per heavy atom. The first-order valence-corrected chi connectivity index (χ1v) is 5.11. The lowest BCUT2D eigenvalue weighted by atomic mass is 10.1. The van der Waals surface area contributed by atoms with Crippen molar-refractivity contribution in [3.05, 3.63) is 0 Å². The number of carboxylic acids is 1. The average molecular weight is 206 g/mol. The lowest BCUT2D eigenvalue weighted by Gasteiger charge is -2.16. The fraction of sp³-hybridized carbons (Fsp3) is 0.571. The Morgan fingerprint density at radius 3 is 2.23 bits per heavy atom. The highest BCUT2D eigenvalue weighted by Crippen LogP contribution is 2.12. The van der Waals surface area contributed by atoms with E-state index in [4.69, 9.17) is 5.11 Å². The molecule has 0 saturated carbocycles. The van der Waals surface area contributed by atoms with E-state index in [2.05, 4.69) is 16.0 Å². The van der Waals surface area contributed by atoms with Crippen molar-refractivity contribution in [3.63, 3.8) is 0 Å². The zero-order chi connectivity index (χ0) is 10.7. The number of aliphatic carboxylic acids is 1. The van der Waals surface area contributed by atoms with Gasteiger partial charge in [0.2, 0.25) is 5.60 Å². The zero-order valence-electron chi connectivity index (χ0n) is 7.49. The molecule has 0 heterocycles. The average Bonchev–Trinajstić information content (AvgIpc) is 1.82. The zero-order valence-corrected chi connectivity index (χ0v) is 8.30. The molecule has 1 N–H and O–H groups in total. The number of hydrogen-bond donors (Lipinski definition) is 1. The minimum atomic E-state index is -3.83. The minimum Gasteiger partial charge on any atom is -0.478 e. The molecular weight excluding hydrogens is 196 g/mol. The molecule has 0 aliphatic carbocycles. The summed E-state index contributed by atoms with van der Waals surface area (Å²) in [4.78, 5) is 10.6. The molecule has 0 aromatic carbocycles. The Balaban J connectivity index is 5.02. The monoisotopic (exact) mass is 206 g/mol. The van der Waals surface area contributed by atoms with Crippen LogP contribution in [-0.4, -0.2) is 31.4 Å². The number of rotatable bonds is 3. The number of carboxylic acid groups (broad SMARTS) is 1. The van der Waals surface area contributed by atoms with E-state index in [9.17, 15) is 13.2 Å². The van der Waals surface area contributed by atoms with Crippen molar-refractivity contribution in [1.29, 1.82) is 0 Å². The highest BCUT2D eigenvalue weighted by Gasteiger charge is 2.36. The third kappa shape index (κ3) is 3.92. The van der Waals surface area contributed by atoms with Crippen LogP contribution in [0.3, 0.4) is 0 Å². The molecule has 0 rings (SSSR count). The number of carbonyl (C=O) groups is 1. The van der Waals surface area contributed by atoms with Crippen LogP contribution < -0.4 is 0 Å². The summed E-state index contributed by atoms with van der Waals surface area (Å²) in [6, 6.07) is 0. The lowest BCUT2D eigenvalue weighted by Crippen LogP contribution is -2.38. The molecule has 0 aromatic rings. The highest BCUT2D eigenvalue weighted by molar-refractivity contribution is 7.86. The highest BCUT2D eigenvalue weighted by atomic mass is 32.2. The molecule has 0 aliphatic rings. The van der Waals surface area contributed by atoms with Gasteiger partial charge < -0.3 is 5.11 Å². The van der Waals surface area contributed by atoms with Crippen molar-refractivity contribution in [2.75, 3.05) is 6.26 Å². The molecule has 0 radical (unpaired) electrons. The molecule has 0 fully saturated rings. The van der Waals surface area contributed by atoms with Crippen LogP contribution in [0.2, 0.25) is 0 Å². The minimum absolute atomic E-state index is 0.769. The van der Waals surface area contributed by atoms with Gasteiger partial charge in [0.15, 0.2) is 0 Å². The molecule has 0 spiro atoms. The summed E-state index contributed by atoms with van der Waals surface area (Å²) in [5, 5.41) is 8.64. The summed E-state index contributed by atoms with van der Waals surface area (Å²) in [5.74, 6) is 3.02. The largest absolute Gasteiger partial charge is 0.478 e. The normalized spacial score (nSPS) is 15.3. The third-order valence-corrected chi connectivity index (χ3v) is 1.73. The van der Waals surface area contributed by atoms with Gasteiger partial charge in [-0.3, -0.25) is 0 Å². The topological polar surface area (TPSA) is 80.7 Å². The van der Waals surface area contributed by atoms with Crippen molar-refractivity contribution in [3.8, 4) is 11.8 Å². The lowest BCUT2D eigenvalue weighted by molar-refractivity contribution is -0.148. The molecule has 0 bridgehead atoms. The van der Waals surface area contributed by atoms with E-state index in [1.54, 1.807) is 0 Å². The van der Waals surface area contributed by atoms with Gasteiger partial charge in [-0.15, -0.1) is 5.92 Å². The van der Waals surface area contributed by atoms with Crippen LogP contribution in [-0.2, 0) is 19.1 Å². The maximum Gasteiger partial charge on any atom is 0.349 e. The van der Waals surface area contributed by atoms with Crippen LogP contribution in [0, 0.1) is 11.8 Å². The van der Waals surface area contributed by atoms with Gasteiger partial charge in [-0.1, -0.05) is 5.92 Å². The molecule has 1 atom stereocenters. The smallest absolute Gasteiger partial charge is 0.349 e. The maximum absolute atomic E-state index is 10.7. The van der Waals surface area contributed by atoms with Crippen molar-refractivity contribution < 1.29 is 22.5 Å². The fourth-order valence-electron chi connectivity index (χ4n) is 0.651. The molecule has 0 aromatic heterocycles. The second kappa shape index (κ2) is 3.77. The third-order valence-electron chi connectivity index (χ3n) is 1.09. The van der Waals surface area contributed by atoms with Gasteiger partial charge in [0.25, 0.3) is 10.1 Å². The molecule has 0 unspecified atom stereocenters. The first-order chi connectivity index (χ1) is 5.71.